The molecule has 0 fully saturated rings. The van der Waals surface area contributed by atoms with Crippen LogP contribution in [0.2, 0.25) is 5.02 Å². The number of hydrogen-bond acceptors (Lipinski definition) is 4. The highest BCUT2D eigenvalue weighted by molar-refractivity contribution is 6.32. The first-order chi connectivity index (χ1) is 16.9. The van der Waals surface area contributed by atoms with Gasteiger partial charge in [-0.25, -0.2) is 8.78 Å². The number of nitrogen functional groups attached to an aromatic ring is 1. The van der Waals surface area contributed by atoms with E-state index in [1.165, 1.54) is 16.8 Å². The highest BCUT2D eigenvalue weighted by Gasteiger charge is 2.32. The standard InChI is InChI=1S/C24H14ClF5N4O2/c1-3-11-8-17(32-23(35)12-6-13(24(28,29)30)9-15(27)7-12)21(19-20(11)34(2)33-22(19)31)36-18-10-14(26)4-5-16(18)25/h1,4-10H,2H3,(H2,31,33)(H,32,35). The lowest BCUT2D eigenvalue weighted by Gasteiger charge is -2.16. The van der Waals surface area contributed by atoms with Gasteiger partial charge in [-0.1, -0.05) is 17.5 Å². The second-order valence-corrected chi connectivity index (χ2v) is 7.94. The summed E-state index contributed by atoms with van der Waals surface area (Å²) < 4.78 is 74.3. The molecule has 0 saturated carbocycles. The van der Waals surface area contributed by atoms with Crippen molar-refractivity contribution in [1.29, 1.82) is 0 Å². The number of carbonyl (C=O) groups excluding carboxylic acids is 1. The summed E-state index contributed by atoms with van der Waals surface area (Å²) in [6, 6.07) is 5.97. The van der Waals surface area contributed by atoms with E-state index in [4.69, 9.17) is 28.5 Å². The molecule has 3 N–H and O–H groups in total. The number of fused-ring (bicyclic) bond motifs is 1. The highest BCUT2D eigenvalue weighted by atomic mass is 35.5. The van der Waals surface area contributed by atoms with Crippen molar-refractivity contribution in [2.75, 3.05) is 11.1 Å². The Morgan fingerprint density at radius 3 is 2.56 bits per heavy atom. The molecule has 12 heteroatoms. The lowest BCUT2D eigenvalue weighted by Crippen LogP contribution is -2.15. The molecule has 0 aliphatic carbocycles. The van der Waals surface area contributed by atoms with Gasteiger partial charge in [0.05, 0.1) is 32.7 Å². The van der Waals surface area contributed by atoms with E-state index in [9.17, 15) is 26.7 Å². The van der Waals surface area contributed by atoms with Crippen molar-refractivity contribution in [1.82, 2.24) is 9.78 Å². The summed E-state index contributed by atoms with van der Waals surface area (Å²) in [4.78, 5) is 12.9. The largest absolute Gasteiger partial charge is 0.453 e. The van der Waals surface area contributed by atoms with Gasteiger partial charge in [0.2, 0.25) is 0 Å². The van der Waals surface area contributed by atoms with Crippen molar-refractivity contribution in [2.24, 2.45) is 7.05 Å². The van der Waals surface area contributed by atoms with Gasteiger partial charge >= 0.3 is 6.18 Å². The summed E-state index contributed by atoms with van der Waals surface area (Å²) in [5.74, 6) is -1.05. The maximum absolute atomic E-state index is 13.9. The number of ether oxygens (including phenoxy) is 1. The van der Waals surface area contributed by atoms with Gasteiger partial charge in [0, 0.05) is 18.7 Å². The first kappa shape index (κ1) is 24.8. The van der Waals surface area contributed by atoms with Crippen LogP contribution >= 0.6 is 11.6 Å². The van der Waals surface area contributed by atoms with Gasteiger partial charge in [-0.15, -0.1) is 6.42 Å². The molecule has 0 unspecified atom stereocenters. The molecule has 4 aromatic rings. The molecule has 6 nitrogen and oxygen atoms in total. The topological polar surface area (TPSA) is 82.2 Å². The number of nitrogens with zero attached hydrogens (tertiary/aromatic N) is 2. The fourth-order valence-electron chi connectivity index (χ4n) is 3.54. The molecule has 1 aromatic heterocycles. The number of alkyl halides is 3. The number of nitrogens with two attached hydrogens (primary N) is 1. The number of aromatic nitrogens is 2. The number of aryl methyl sites for hydroxylation is 1. The van der Waals surface area contributed by atoms with Gasteiger partial charge in [0.1, 0.15) is 17.4 Å². The molecule has 1 heterocycles. The van der Waals surface area contributed by atoms with Gasteiger partial charge in [-0.05, 0) is 36.4 Å². The minimum Gasteiger partial charge on any atom is -0.453 e. The van der Waals surface area contributed by atoms with E-state index in [-0.39, 0.29) is 45.0 Å². The van der Waals surface area contributed by atoms with E-state index < -0.39 is 34.8 Å². The Hall–Kier alpha value is -4.30. The second-order valence-electron chi connectivity index (χ2n) is 7.53. The Bertz CT molecular complexity index is 1570. The predicted molar refractivity (Wildman–Crippen MR) is 124 cm³/mol. The predicted octanol–water partition coefficient (Wildman–Crippen LogP) is 6.13. The van der Waals surface area contributed by atoms with Crippen LogP contribution in [0.15, 0.2) is 42.5 Å². The third-order valence-electron chi connectivity index (χ3n) is 5.09. The van der Waals surface area contributed by atoms with Crippen LogP contribution in [0.5, 0.6) is 11.5 Å². The van der Waals surface area contributed by atoms with Gasteiger partial charge in [-0.3, -0.25) is 9.48 Å². The summed E-state index contributed by atoms with van der Waals surface area (Å²) in [5, 5.41) is 6.59. The quantitative estimate of drug-likeness (QED) is 0.250. The van der Waals surface area contributed by atoms with E-state index in [0.29, 0.717) is 17.6 Å². The molecule has 0 aliphatic rings. The molecule has 184 valence electrons. The molecule has 36 heavy (non-hydrogen) atoms. The van der Waals surface area contributed by atoms with Crippen LogP contribution in [0.25, 0.3) is 10.9 Å². The highest BCUT2D eigenvalue weighted by Crippen LogP contribution is 2.43. The third-order valence-corrected chi connectivity index (χ3v) is 5.40. The minimum atomic E-state index is -4.89. The average molecular weight is 521 g/mol. The van der Waals surface area contributed by atoms with Crippen LogP contribution < -0.4 is 15.8 Å². The number of rotatable bonds is 4. The number of hydrogen-bond donors (Lipinski definition) is 2. The second kappa shape index (κ2) is 9.05. The average Bonchev–Trinajstić information content (AvgIpc) is 3.10. The van der Waals surface area contributed by atoms with Crippen LogP contribution in [0.1, 0.15) is 21.5 Å². The Labute approximate surface area is 205 Å². The van der Waals surface area contributed by atoms with E-state index in [2.05, 4.69) is 16.3 Å². The Morgan fingerprint density at radius 1 is 1.17 bits per heavy atom. The lowest BCUT2D eigenvalue weighted by atomic mass is 10.1. The molecule has 0 aliphatic heterocycles. The van der Waals surface area contributed by atoms with Crippen molar-refractivity contribution in [3.63, 3.8) is 0 Å². The first-order valence-electron chi connectivity index (χ1n) is 9.97. The number of amides is 1. The number of benzene rings is 3. The van der Waals surface area contributed by atoms with Gasteiger partial charge in [-0.2, -0.15) is 18.3 Å². The van der Waals surface area contributed by atoms with Crippen LogP contribution in [0.3, 0.4) is 0 Å². The molecule has 0 saturated heterocycles. The Morgan fingerprint density at radius 2 is 1.89 bits per heavy atom. The van der Waals surface area contributed by atoms with E-state index in [0.717, 1.165) is 12.1 Å². The first-order valence-corrected chi connectivity index (χ1v) is 10.3. The molecule has 1 amide bonds. The molecule has 0 radical (unpaired) electrons. The monoisotopic (exact) mass is 520 g/mol. The normalized spacial score (nSPS) is 11.4. The summed E-state index contributed by atoms with van der Waals surface area (Å²) in [6.07, 6.45) is 0.719. The van der Waals surface area contributed by atoms with Crippen molar-refractivity contribution in [3.8, 4) is 23.8 Å². The van der Waals surface area contributed by atoms with Crippen molar-refractivity contribution < 1.29 is 31.5 Å². The molecule has 0 spiro atoms. The Kier molecular flexibility index (Phi) is 6.24. The summed E-state index contributed by atoms with van der Waals surface area (Å²) in [5.41, 5.74) is 4.43. The molecular weight excluding hydrogens is 507 g/mol. The number of carbonyl (C=O) groups is 1. The lowest BCUT2D eigenvalue weighted by molar-refractivity contribution is -0.137. The molecular formula is C24H14ClF5N4O2. The molecule has 0 bridgehead atoms. The summed E-state index contributed by atoms with van der Waals surface area (Å²) in [7, 11) is 1.54. The van der Waals surface area contributed by atoms with Crippen LogP contribution in [0.4, 0.5) is 33.5 Å². The minimum absolute atomic E-state index is 0.00487. The Balaban J connectivity index is 1.89. The zero-order valence-corrected chi connectivity index (χ0v) is 18.9. The summed E-state index contributed by atoms with van der Waals surface area (Å²) >= 11 is 6.12. The van der Waals surface area contributed by atoms with Gasteiger partial charge < -0.3 is 15.8 Å². The zero-order valence-electron chi connectivity index (χ0n) is 18.2. The fourth-order valence-corrected chi connectivity index (χ4v) is 3.70. The number of halogens is 6. The van der Waals surface area contributed by atoms with E-state index >= 15 is 0 Å². The molecule has 3 aromatic carbocycles. The van der Waals surface area contributed by atoms with E-state index in [1.807, 2.05) is 0 Å². The van der Waals surface area contributed by atoms with Crippen molar-refractivity contribution in [3.05, 3.63) is 75.8 Å². The fraction of sp³-hybridized carbons (Fsp3) is 0.0833. The third kappa shape index (κ3) is 4.63. The maximum Gasteiger partial charge on any atom is 0.416 e. The van der Waals surface area contributed by atoms with Gasteiger partial charge in [0.25, 0.3) is 5.91 Å². The van der Waals surface area contributed by atoms with E-state index in [1.54, 1.807) is 7.05 Å². The SMILES string of the molecule is C#Cc1cc(NC(=O)c2cc(F)cc(C(F)(F)F)c2)c(Oc2cc(F)ccc2Cl)c2c(N)nn(C)c12. The summed E-state index contributed by atoms with van der Waals surface area (Å²) in [6.45, 7) is 0. The smallest absolute Gasteiger partial charge is 0.416 e. The maximum atomic E-state index is 13.9. The van der Waals surface area contributed by atoms with Crippen LogP contribution in [-0.2, 0) is 13.2 Å². The van der Waals surface area contributed by atoms with Gasteiger partial charge in [0.15, 0.2) is 11.6 Å². The van der Waals surface area contributed by atoms with Crippen molar-refractivity contribution in [2.45, 2.75) is 6.18 Å². The molecule has 4 rings (SSSR count). The van der Waals surface area contributed by atoms with Crippen LogP contribution in [-0.4, -0.2) is 15.7 Å². The van der Waals surface area contributed by atoms with Crippen LogP contribution in [0, 0.1) is 24.0 Å². The van der Waals surface area contributed by atoms with Crippen molar-refractivity contribution >= 4 is 39.9 Å². The number of nitrogens with one attached hydrogen (secondary N) is 1. The zero-order chi connectivity index (χ0) is 26.4. The number of terminal acetylenes is 1. The molecule has 0 atom stereocenters. The number of anilines is 2.